The van der Waals surface area contributed by atoms with E-state index in [4.69, 9.17) is 17.0 Å². The summed E-state index contributed by atoms with van der Waals surface area (Å²) in [7, 11) is 0. The fourth-order valence-electron chi connectivity index (χ4n) is 2.30. The van der Waals surface area contributed by atoms with Gasteiger partial charge in [0.1, 0.15) is 0 Å². The van der Waals surface area contributed by atoms with Crippen LogP contribution in [-0.4, -0.2) is 36.3 Å². The normalized spacial score (nSPS) is 18.3. The Balaban J connectivity index is 1.94. The van der Waals surface area contributed by atoms with Crippen LogP contribution in [0.5, 0.6) is 0 Å². The summed E-state index contributed by atoms with van der Waals surface area (Å²) in [5.41, 5.74) is 2.30. The third-order valence-corrected chi connectivity index (χ3v) is 3.92. The molecule has 1 heterocycles. The second kappa shape index (κ2) is 6.87. The fraction of sp³-hybridized carbons (Fsp3) is 0.533. The van der Waals surface area contributed by atoms with Gasteiger partial charge in [0.05, 0.1) is 6.61 Å². The summed E-state index contributed by atoms with van der Waals surface area (Å²) in [6, 6.07) is 8.22. The molecule has 0 saturated carbocycles. The summed E-state index contributed by atoms with van der Waals surface area (Å²) in [6.45, 7) is 7.89. The molecule has 1 N–H and O–H groups in total. The minimum atomic E-state index is 0.608. The van der Waals surface area contributed by atoms with E-state index in [1.165, 1.54) is 5.56 Å². The van der Waals surface area contributed by atoms with Crippen LogP contribution < -0.4 is 5.32 Å². The van der Waals surface area contributed by atoms with E-state index in [9.17, 15) is 0 Å². The van der Waals surface area contributed by atoms with E-state index >= 15 is 0 Å². The Bertz CT molecular complexity index is 430. The minimum Gasteiger partial charge on any atom is -0.381 e. The van der Waals surface area contributed by atoms with Crippen LogP contribution in [-0.2, 0) is 4.74 Å². The summed E-state index contributed by atoms with van der Waals surface area (Å²) in [6.07, 6.45) is 1.14. The predicted octanol–water partition coefficient (Wildman–Crippen LogP) is 3.05. The molecule has 1 aliphatic rings. The molecule has 1 saturated heterocycles. The second-order valence-corrected chi connectivity index (χ2v) is 5.40. The van der Waals surface area contributed by atoms with Crippen molar-refractivity contribution >= 4 is 23.0 Å². The highest BCUT2D eigenvalue weighted by atomic mass is 32.1. The summed E-state index contributed by atoms with van der Waals surface area (Å²) in [4.78, 5) is 2.22. The van der Waals surface area contributed by atoms with E-state index in [1.54, 1.807) is 0 Å². The standard InChI is InChI=1S/C15H22N2OS/c1-3-17(10-13-8-9-18-11-13)15(19)16-14-7-5-4-6-12(14)2/h4-7,13H,3,8-11H2,1-2H3,(H,16,19)/t13-/m0/s1. The van der Waals surface area contributed by atoms with Crippen molar-refractivity contribution in [1.29, 1.82) is 0 Å². The SMILES string of the molecule is CCN(C[C@@H]1CCOC1)C(=S)Nc1ccccc1C. The molecule has 0 spiro atoms. The molecule has 0 amide bonds. The molecular weight excluding hydrogens is 256 g/mol. The number of anilines is 1. The van der Waals surface area contributed by atoms with Crippen molar-refractivity contribution in [1.82, 2.24) is 4.90 Å². The number of nitrogens with zero attached hydrogens (tertiary/aromatic N) is 1. The topological polar surface area (TPSA) is 24.5 Å². The molecule has 2 rings (SSSR count). The van der Waals surface area contributed by atoms with E-state index in [2.05, 4.69) is 36.2 Å². The van der Waals surface area contributed by atoms with Crippen LogP contribution in [0.4, 0.5) is 5.69 Å². The number of nitrogens with one attached hydrogen (secondary N) is 1. The van der Waals surface area contributed by atoms with Gasteiger partial charge in [-0.05, 0) is 44.1 Å². The lowest BCUT2D eigenvalue weighted by atomic mass is 10.1. The van der Waals surface area contributed by atoms with E-state index < -0.39 is 0 Å². The van der Waals surface area contributed by atoms with E-state index in [1.807, 2.05) is 12.1 Å². The molecule has 0 aliphatic carbocycles. The van der Waals surface area contributed by atoms with Gasteiger partial charge >= 0.3 is 0 Å². The van der Waals surface area contributed by atoms with Crippen LogP contribution in [0.3, 0.4) is 0 Å². The Morgan fingerprint density at radius 2 is 2.26 bits per heavy atom. The molecule has 0 unspecified atom stereocenters. The molecule has 0 bridgehead atoms. The third-order valence-electron chi connectivity index (χ3n) is 3.56. The molecule has 1 atom stereocenters. The molecule has 4 heteroatoms. The van der Waals surface area contributed by atoms with Crippen molar-refractivity contribution in [3.63, 3.8) is 0 Å². The van der Waals surface area contributed by atoms with E-state index in [-0.39, 0.29) is 0 Å². The number of ether oxygens (including phenoxy) is 1. The van der Waals surface area contributed by atoms with Crippen molar-refractivity contribution in [2.45, 2.75) is 20.3 Å². The van der Waals surface area contributed by atoms with E-state index in [0.29, 0.717) is 5.92 Å². The lowest BCUT2D eigenvalue weighted by Gasteiger charge is -2.27. The van der Waals surface area contributed by atoms with Gasteiger partial charge < -0.3 is 15.0 Å². The summed E-state index contributed by atoms with van der Waals surface area (Å²) in [5.74, 6) is 0.608. The van der Waals surface area contributed by atoms with Gasteiger partial charge in [0, 0.05) is 31.3 Å². The average molecular weight is 278 g/mol. The van der Waals surface area contributed by atoms with Crippen molar-refractivity contribution < 1.29 is 4.74 Å². The van der Waals surface area contributed by atoms with Crippen molar-refractivity contribution in [2.75, 3.05) is 31.6 Å². The molecule has 1 fully saturated rings. The number of benzene rings is 1. The van der Waals surface area contributed by atoms with Crippen LogP contribution in [0.1, 0.15) is 18.9 Å². The first-order chi connectivity index (χ1) is 9.20. The zero-order valence-corrected chi connectivity index (χ0v) is 12.5. The second-order valence-electron chi connectivity index (χ2n) is 5.01. The predicted molar refractivity (Wildman–Crippen MR) is 83.6 cm³/mol. The number of hydrogen-bond acceptors (Lipinski definition) is 2. The van der Waals surface area contributed by atoms with Crippen molar-refractivity contribution in [2.24, 2.45) is 5.92 Å². The number of aryl methyl sites for hydroxylation is 1. The number of hydrogen-bond donors (Lipinski definition) is 1. The Morgan fingerprint density at radius 1 is 1.47 bits per heavy atom. The zero-order valence-electron chi connectivity index (χ0n) is 11.7. The molecule has 1 aliphatic heterocycles. The largest absolute Gasteiger partial charge is 0.381 e. The molecule has 0 radical (unpaired) electrons. The maximum absolute atomic E-state index is 5.52. The molecule has 3 nitrogen and oxygen atoms in total. The van der Waals surface area contributed by atoms with Crippen molar-refractivity contribution in [3.8, 4) is 0 Å². The molecule has 1 aromatic rings. The van der Waals surface area contributed by atoms with Crippen molar-refractivity contribution in [3.05, 3.63) is 29.8 Å². The Labute approximate surface area is 120 Å². The summed E-state index contributed by atoms with van der Waals surface area (Å²) < 4.78 is 5.43. The first kappa shape index (κ1) is 14.3. The summed E-state index contributed by atoms with van der Waals surface area (Å²) in [5, 5.41) is 4.16. The van der Waals surface area contributed by atoms with Crippen LogP contribution in [0.2, 0.25) is 0 Å². The quantitative estimate of drug-likeness (QED) is 0.856. The zero-order chi connectivity index (χ0) is 13.7. The van der Waals surface area contributed by atoms with Gasteiger partial charge in [0.2, 0.25) is 0 Å². The van der Waals surface area contributed by atoms with Crippen LogP contribution in [0, 0.1) is 12.8 Å². The van der Waals surface area contributed by atoms with Gasteiger partial charge in [-0.25, -0.2) is 0 Å². The average Bonchev–Trinajstić information content (AvgIpc) is 2.91. The first-order valence-electron chi connectivity index (χ1n) is 6.90. The number of thiocarbonyl (C=S) groups is 1. The Morgan fingerprint density at radius 3 is 2.89 bits per heavy atom. The van der Waals surface area contributed by atoms with Crippen LogP contribution in [0.25, 0.3) is 0 Å². The molecule has 19 heavy (non-hydrogen) atoms. The highest BCUT2D eigenvalue weighted by molar-refractivity contribution is 7.80. The summed E-state index contributed by atoms with van der Waals surface area (Å²) >= 11 is 5.52. The number of rotatable bonds is 4. The lowest BCUT2D eigenvalue weighted by Crippen LogP contribution is -2.38. The third kappa shape index (κ3) is 3.91. The lowest BCUT2D eigenvalue weighted by molar-refractivity contribution is 0.180. The van der Waals surface area contributed by atoms with Gasteiger partial charge in [-0.15, -0.1) is 0 Å². The van der Waals surface area contributed by atoms with Gasteiger partial charge in [-0.1, -0.05) is 18.2 Å². The highest BCUT2D eigenvalue weighted by Gasteiger charge is 2.20. The van der Waals surface area contributed by atoms with Gasteiger partial charge in [-0.3, -0.25) is 0 Å². The minimum absolute atomic E-state index is 0.608. The molecule has 0 aromatic heterocycles. The van der Waals surface area contributed by atoms with Gasteiger partial charge in [0.15, 0.2) is 5.11 Å². The maximum atomic E-state index is 5.52. The molecular formula is C15H22N2OS. The fourth-order valence-corrected chi connectivity index (χ4v) is 2.62. The Kier molecular flexibility index (Phi) is 5.16. The van der Waals surface area contributed by atoms with Gasteiger partial charge in [0.25, 0.3) is 0 Å². The Hall–Kier alpha value is -1.13. The van der Waals surface area contributed by atoms with Gasteiger partial charge in [-0.2, -0.15) is 0 Å². The highest BCUT2D eigenvalue weighted by Crippen LogP contribution is 2.17. The monoisotopic (exact) mass is 278 g/mol. The van der Waals surface area contributed by atoms with Crippen LogP contribution in [0.15, 0.2) is 24.3 Å². The van der Waals surface area contributed by atoms with Crippen LogP contribution >= 0.6 is 12.2 Å². The molecule has 1 aromatic carbocycles. The maximum Gasteiger partial charge on any atom is 0.173 e. The first-order valence-corrected chi connectivity index (χ1v) is 7.30. The van der Waals surface area contributed by atoms with E-state index in [0.717, 1.165) is 43.5 Å². The smallest absolute Gasteiger partial charge is 0.173 e. The number of para-hydroxylation sites is 1. The molecule has 104 valence electrons.